The van der Waals surface area contributed by atoms with Crippen molar-refractivity contribution >= 4 is 28.5 Å². The van der Waals surface area contributed by atoms with Crippen molar-refractivity contribution in [2.75, 3.05) is 4.90 Å². The Balaban J connectivity index is 1.64. The minimum atomic E-state index is -0.885. The normalized spacial score (nSPS) is 16.4. The lowest BCUT2D eigenvalue weighted by molar-refractivity contribution is -0.117. The molecule has 0 aliphatic carbocycles. The van der Waals surface area contributed by atoms with Crippen LogP contribution in [0.1, 0.15) is 53.2 Å². The number of rotatable bonds is 5. The first kappa shape index (κ1) is 20.8. The topological polar surface area (TPSA) is 96.8 Å². The number of furan rings is 1. The number of ketones is 1. The molecule has 1 amide bonds. The summed E-state index contributed by atoms with van der Waals surface area (Å²) in [6.07, 6.45) is 0. The summed E-state index contributed by atoms with van der Waals surface area (Å²) in [6.45, 7) is 5.87. The highest BCUT2D eigenvalue weighted by Crippen LogP contribution is 2.42. The summed E-state index contributed by atoms with van der Waals surface area (Å²) in [5.74, 6) is -0.818. The average Bonchev–Trinajstić information content (AvgIpc) is 3.50. The van der Waals surface area contributed by atoms with Crippen LogP contribution >= 0.6 is 0 Å². The molecule has 1 aliphatic heterocycles. The van der Waals surface area contributed by atoms with Gasteiger partial charge >= 0.3 is 0 Å². The quantitative estimate of drug-likeness (QED) is 0.402. The molecule has 2 aromatic carbocycles. The van der Waals surface area contributed by atoms with Gasteiger partial charge in [0.05, 0.1) is 11.6 Å². The van der Waals surface area contributed by atoms with Crippen molar-refractivity contribution in [3.63, 3.8) is 0 Å². The minimum absolute atomic E-state index is 0.0486. The van der Waals surface area contributed by atoms with E-state index in [0.717, 1.165) is 10.9 Å². The molecule has 0 saturated carbocycles. The highest BCUT2D eigenvalue weighted by Gasteiger charge is 2.46. The Hall–Kier alpha value is -4.13. The zero-order valence-electron chi connectivity index (χ0n) is 18.4. The van der Waals surface area contributed by atoms with Gasteiger partial charge in [0.25, 0.3) is 5.91 Å². The standard InChI is InChI=1S/C26H22N2O5/c1-14(2)16-8-10-17(11-9-16)23-22(24(29)20-13-18-6-4-5-7-19(18)32-20)25(30)26(31)28(23)21-12-15(3)33-27-21/h4-14,23,30H,1-3H3/t23-/m0/s1. The molecule has 0 unspecified atom stereocenters. The minimum Gasteiger partial charge on any atom is -0.503 e. The molecule has 0 spiro atoms. The molecule has 1 N–H and O–H groups in total. The predicted octanol–water partition coefficient (Wildman–Crippen LogP) is 5.64. The van der Waals surface area contributed by atoms with Crippen LogP contribution in [0.5, 0.6) is 0 Å². The molecule has 7 heteroatoms. The zero-order chi connectivity index (χ0) is 23.3. The fourth-order valence-corrected chi connectivity index (χ4v) is 4.15. The maximum Gasteiger partial charge on any atom is 0.295 e. The second-order valence-corrected chi connectivity index (χ2v) is 8.43. The number of amides is 1. The molecule has 0 fully saturated rings. The van der Waals surface area contributed by atoms with Crippen LogP contribution in [0.25, 0.3) is 11.0 Å². The average molecular weight is 442 g/mol. The molecular formula is C26H22N2O5. The molecule has 0 saturated heterocycles. The van der Waals surface area contributed by atoms with Crippen molar-refractivity contribution < 1.29 is 23.6 Å². The maximum absolute atomic E-state index is 13.6. The smallest absolute Gasteiger partial charge is 0.295 e. The molecule has 1 aliphatic rings. The van der Waals surface area contributed by atoms with Gasteiger partial charge < -0.3 is 14.0 Å². The van der Waals surface area contributed by atoms with E-state index in [4.69, 9.17) is 8.94 Å². The Labute approximate surface area is 189 Å². The Kier molecular flexibility index (Phi) is 4.89. The van der Waals surface area contributed by atoms with Gasteiger partial charge in [-0.05, 0) is 36.1 Å². The van der Waals surface area contributed by atoms with E-state index in [1.807, 2.05) is 42.5 Å². The van der Waals surface area contributed by atoms with Crippen LogP contribution in [0.2, 0.25) is 0 Å². The highest BCUT2D eigenvalue weighted by molar-refractivity contribution is 6.20. The third-order valence-corrected chi connectivity index (χ3v) is 5.88. The van der Waals surface area contributed by atoms with Crippen LogP contribution in [-0.2, 0) is 4.79 Å². The number of carbonyl (C=O) groups is 2. The van der Waals surface area contributed by atoms with Crippen LogP contribution in [0.15, 0.2) is 80.9 Å². The number of aryl methyl sites for hydroxylation is 1. The highest BCUT2D eigenvalue weighted by atomic mass is 16.5. The SMILES string of the molecule is Cc1cc(N2C(=O)C(O)=C(C(=O)c3cc4ccccc4o3)[C@@H]2c2ccc(C(C)C)cc2)no1. The van der Waals surface area contributed by atoms with Gasteiger partial charge in [0, 0.05) is 11.5 Å². The number of Topliss-reactive ketones (excluding diaryl/α,β-unsaturated/α-hetero) is 1. The number of carbonyl (C=O) groups excluding carboxylic acids is 2. The second kappa shape index (κ2) is 7.78. The van der Waals surface area contributed by atoms with Gasteiger partial charge in [-0.2, -0.15) is 0 Å². The van der Waals surface area contributed by atoms with Gasteiger partial charge in [-0.25, -0.2) is 0 Å². The number of nitrogens with zero attached hydrogens (tertiary/aromatic N) is 2. The second-order valence-electron chi connectivity index (χ2n) is 8.43. The molecule has 7 nitrogen and oxygen atoms in total. The Bertz CT molecular complexity index is 1370. The predicted molar refractivity (Wildman–Crippen MR) is 122 cm³/mol. The molecule has 4 aromatic rings. The molecule has 5 rings (SSSR count). The molecular weight excluding hydrogens is 420 g/mol. The number of benzene rings is 2. The van der Waals surface area contributed by atoms with E-state index in [9.17, 15) is 14.7 Å². The number of fused-ring (bicyclic) bond motifs is 1. The summed E-state index contributed by atoms with van der Waals surface area (Å²) in [5, 5.41) is 15.6. The first-order valence-electron chi connectivity index (χ1n) is 10.7. The lowest BCUT2D eigenvalue weighted by atomic mass is 9.93. The van der Waals surface area contributed by atoms with Gasteiger partial charge in [-0.1, -0.05) is 61.5 Å². The molecule has 3 heterocycles. The fourth-order valence-electron chi connectivity index (χ4n) is 4.15. The third kappa shape index (κ3) is 3.42. The summed E-state index contributed by atoms with van der Waals surface area (Å²) in [7, 11) is 0. The number of para-hydroxylation sites is 1. The first-order valence-corrected chi connectivity index (χ1v) is 10.7. The van der Waals surface area contributed by atoms with Crippen molar-refractivity contribution in [2.45, 2.75) is 32.7 Å². The van der Waals surface area contributed by atoms with E-state index in [1.54, 1.807) is 25.1 Å². The lowest BCUT2D eigenvalue weighted by Crippen LogP contribution is -2.31. The number of aliphatic hydroxyl groups is 1. The summed E-state index contributed by atoms with van der Waals surface area (Å²) >= 11 is 0. The fraction of sp³-hybridized carbons (Fsp3) is 0.192. The molecule has 33 heavy (non-hydrogen) atoms. The first-order chi connectivity index (χ1) is 15.8. The van der Waals surface area contributed by atoms with Gasteiger partial charge in [0.15, 0.2) is 17.3 Å². The van der Waals surface area contributed by atoms with Gasteiger partial charge in [0.2, 0.25) is 5.78 Å². The van der Waals surface area contributed by atoms with Crippen molar-refractivity contribution in [1.82, 2.24) is 5.16 Å². The van der Waals surface area contributed by atoms with Crippen molar-refractivity contribution in [2.24, 2.45) is 0 Å². The molecule has 0 radical (unpaired) electrons. The van der Waals surface area contributed by atoms with Crippen LogP contribution < -0.4 is 4.90 Å². The molecule has 2 aromatic heterocycles. The van der Waals surface area contributed by atoms with Gasteiger partial charge in [0.1, 0.15) is 11.3 Å². The number of anilines is 1. The molecule has 0 bridgehead atoms. The molecule has 1 atom stereocenters. The number of aromatic nitrogens is 1. The van der Waals surface area contributed by atoms with E-state index < -0.39 is 23.5 Å². The molecule has 166 valence electrons. The monoisotopic (exact) mass is 442 g/mol. The van der Waals surface area contributed by atoms with Crippen LogP contribution in [0, 0.1) is 6.92 Å². The zero-order valence-corrected chi connectivity index (χ0v) is 18.4. The maximum atomic E-state index is 13.6. The van der Waals surface area contributed by atoms with E-state index in [0.29, 0.717) is 22.8 Å². The summed E-state index contributed by atoms with van der Waals surface area (Å²) in [5.41, 5.74) is 2.27. The Morgan fingerprint density at radius 3 is 2.45 bits per heavy atom. The number of aliphatic hydroxyl groups excluding tert-OH is 1. The Morgan fingerprint density at radius 1 is 1.09 bits per heavy atom. The summed E-state index contributed by atoms with van der Waals surface area (Å²) in [6, 6.07) is 17.2. The van der Waals surface area contributed by atoms with E-state index in [2.05, 4.69) is 19.0 Å². The van der Waals surface area contributed by atoms with E-state index in [-0.39, 0.29) is 17.2 Å². The Morgan fingerprint density at radius 2 is 1.82 bits per heavy atom. The van der Waals surface area contributed by atoms with E-state index in [1.165, 1.54) is 4.90 Å². The van der Waals surface area contributed by atoms with Gasteiger partial charge in [-0.3, -0.25) is 14.5 Å². The number of hydrogen-bond acceptors (Lipinski definition) is 6. The number of hydrogen-bond donors (Lipinski definition) is 1. The van der Waals surface area contributed by atoms with Crippen LogP contribution in [-0.4, -0.2) is 22.0 Å². The van der Waals surface area contributed by atoms with Crippen molar-refractivity contribution in [3.8, 4) is 0 Å². The summed E-state index contributed by atoms with van der Waals surface area (Å²) < 4.78 is 10.9. The van der Waals surface area contributed by atoms with E-state index >= 15 is 0 Å². The third-order valence-electron chi connectivity index (χ3n) is 5.88. The lowest BCUT2D eigenvalue weighted by Gasteiger charge is -2.24. The van der Waals surface area contributed by atoms with Crippen LogP contribution in [0.3, 0.4) is 0 Å². The van der Waals surface area contributed by atoms with Crippen LogP contribution in [0.4, 0.5) is 5.82 Å². The summed E-state index contributed by atoms with van der Waals surface area (Å²) in [4.78, 5) is 28.0. The van der Waals surface area contributed by atoms with Gasteiger partial charge in [-0.15, -0.1) is 0 Å². The van der Waals surface area contributed by atoms with Crippen molar-refractivity contribution in [3.05, 3.63) is 94.6 Å². The van der Waals surface area contributed by atoms with Crippen molar-refractivity contribution in [1.29, 1.82) is 0 Å². The largest absolute Gasteiger partial charge is 0.503 e.